The van der Waals surface area contributed by atoms with Crippen molar-refractivity contribution in [3.63, 3.8) is 0 Å². The smallest absolute Gasteiger partial charge is 0.297 e. The predicted octanol–water partition coefficient (Wildman–Crippen LogP) is 1.12. The van der Waals surface area contributed by atoms with Gasteiger partial charge in [-0.3, -0.25) is 4.90 Å². The Morgan fingerprint density at radius 1 is 1.57 bits per heavy atom. The first kappa shape index (κ1) is 11.3. The molecule has 1 atom stereocenters. The normalized spacial score (nSPS) is 13.4. The molecule has 1 heterocycles. The van der Waals surface area contributed by atoms with Crippen LogP contribution in [0.5, 0.6) is 0 Å². The average molecular weight is 219 g/mol. The highest BCUT2D eigenvalue weighted by molar-refractivity contribution is 7.78. The van der Waals surface area contributed by atoms with Crippen molar-refractivity contribution < 1.29 is 8.09 Å². The summed E-state index contributed by atoms with van der Waals surface area (Å²) in [6.07, 6.45) is 2.84. The van der Waals surface area contributed by atoms with Crippen molar-refractivity contribution in [3.8, 4) is 0 Å². The zero-order valence-electron chi connectivity index (χ0n) is 8.31. The van der Waals surface area contributed by atoms with Gasteiger partial charge in [0.25, 0.3) is 0 Å². The topological polar surface area (TPSA) is 38.1 Å². The molecular formula is C8H14FN3OS. The summed E-state index contributed by atoms with van der Waals surface area (Å²) in [5, 5.41) is 0. The minimum absolute atomic E-state index is 0.495. The van der Waals surface area contributed by atoms with Crippen LogP contribution in [0.15, 0.2) is 12.4 Å². The molecule has 0 N–H and O–H groups in total. The maximum absolute atomic E-state index is 12.6. The standard InChI is InChI=1S/C8H14FN3OS/c1-3-11(4-2)7-8-10-5-6-12(8)14(9)13/h5-6H,3-4,7H2,1-2H3. The molecule has 0 radical (unpaired) electrons. The van der Waals surface area contributed by atoms with Gasteiger partial charge in [-0.2, -0.15) is 4.21 Å². The van der Waals surface area contributed by atoms with Crippen molar-refractivity contribution in [2.45, 2.75) is 20.4 Å². The van der Waals surface area contributed by atoms with E-state index in [9.17, 15) is 8.09 Å². The van der Waals surface area contributed by atoms with Crippen LogP contribution in [-0.2, 0) is 17.9 Å². The van der Waals surface area contributed by atoms with Crippen molar-refractivity contribution in [2.24, 2.45) is 0 Å². The molecule has 1 aromatic rings. The van der Waals surface area contributed by atoms with Gasteiger partial charge in [-0.05, 0) is 13.1 Å². The summed E-state index contributed by atoms with van der Waals surface area (Å²) in [6.45, 7) is 6.28. The molecule has 0 aromatic carbocycles. The van der Waals surface area contributed by atoms with Crippen LogP contribution in [0.25, 0.3) is 0 Å². The summed E-state index contributed by atoms with van der Waals surface area (Å²) in [5.41, 5.74) is 0. The molecule has 1 aromatic heterocycles. The lowest BCUT2D eigenvalue weighted by Gasteiger charge is -2.16. The first-order chi connectivity index (χ1) is 6.69. The number of imidazole rings is 1. The van der Waals surface area contributed by atoms with Gasteiger partial charge in [0.1, 0.15) is 5.82 Å². The molecule has 0 spiro atoms. The quantitative estimate of drug-likeness (QED) is 0.697. The molecule has 6 heteroatoms. The summed E-state index contributed by atoms with van der Waals surface area (Å²) in [4.78, 5) is 6.04. The van der Waals surface area contributed by atoms with Crippen molar-refractivity contribution in [1.82, 2.24) is 13.9 Å². The highest BCUT2D eigenvalue weighted by atomic mass is 32.2. The SMILES string of the molecule is CCN(CC)Cc1nccn1S(=O)F. The van der Waals surface area contributed by atoms with Crippen LogP contribution in [0.3, 0.4) is 0 Å². The third-order valence-electron chi connectivity index (χ3n) is 2.09. The maximum Gasteiger partial charge on any atom is 0.309 e. The number of rotatable bonds is 5. The van der Waals surface area contributed by atoms with Crippen molar-refractivity contribution in [2.75, 3.05) is 13.1 Å². The largest absolute Gasteiger partial charge is 0.309 e. The highest BCUT2D eigenvalue weighted by Gasteiger charge is 2.10. The number of aromatic nitrogens is 2. The van der Waals surface area contributed by atoms with E-state index >= 15 is 0 Å². The summed E-state index contributed by atoms with van der Waals surface area (Å²) < 4.78 is 24.2. The Labute approximate surface area is 85.6 Å². The van der Waals surface area contributed by atoms with Gasteiger partial charge in [0.15, 0.2) is 0 Å². The number of hydrogen-bond donors (Lipinski definition) is 0. The summed E-state index contributed by atoms with van der Waals surface area (Å²) in [7, 11) is 0. The molecule has 0 amide bonds. The third kappa shape index (κ3) is 2.62. The van der Waals surface area contributed by atoms with Gasteiger partial charge in [-0.25, -0.2) is 8.96 Å². The molecule has 1 unspecified atom stereocenters. The monoisotopic (exact) mass is 219 g/mol. The van der Waals surface area contributed by atoms with E-state index in [0.29, 0.717) is 12.4 Å². The summed E-state index contributed by atoms with van der Waals surface area (Å²) >= 11 is -2.50. The number of halogens is 1. The molecule has 0 saturated heterocycles. The van der Waals surface area contributed by atoms with E-state index in [0.717, 1.165) is 17.1 Å². The Kier molecular flexibility index (Phi) is 4.21. The van der Waals surface area contributed by atoms with Gasteiger partial charge in [0, 0.05) is 12.4 Å². The third-order valence-corrected chi connectivity index (χ3v) is 2.74. The van der Waals surface area contributed by atoms with Crippen molar-refractivity contribution in [3.05, 3.63) is 18.2 Å². The Balaban J connectivity index is 2.75. The van der Waals surface area contributed by atoms with Crippen LogP contribution < -0.4 is 0 Å². The van der Waals surface area contributed by atoms with Crippen LogP contribution in [0.2, 0.25) is 0 Å². The molecule has 1 rings (SSSR count). The second-order valence-corrected chi connectivity index (χ2v) is 3.64. The van der Waals surface area contributed by atoms with Crippen LogP contribution in [-0.4, -0.2) is 31.2 Å². The fourth-order valence-corrected chi connectivity index (χ4v) is 1.63. The van der Waals surface area contributed by atoms with Crippen LogP contribution in [0.1, 0.15) is 19.7 Å². The molecule has 4 nitrogen and oxygen atoms in total. The second kappa shape index (κ2) is 5.21. The Hall–Kier alpha value is -0.750. The molecule has 0 aliphatic rings. The van der Waals surface area contributed by atoms with Gasteiger partial charge < -0.3 is 0 Å². The van der Waals surface area contributed by atoms with Gasteiger partial charge >= 0.3 is 11.4 Å². The lowest BCUT2D eigenvalue weighted by atomic mass is 10.4. The van der Waals surface area contributed by atoms with Crippen LogP contribution >= 0.6 is 0 Å². The van der Waals surface area contributed by atoms with Gasteiger partial charge in [0.05, 0.1) is 6.54 Å². The lowest BCUT2D eigenvalue weighted by molar-refractivity contribution is 0.288. The molecule has 0 aliphatic heterocycles. The van der Waals surface area contributed by atoms with Crippen LogP contribution in [0, 0.1) is 0 Å². The van der Waals surface area contributed by atoms with Gasteiger partial charge in [-0.1, -0.05) is 13.8 Å². The Bertz CT molecular complexity index is 311. The fourth-order valence-electron chi connectivity index (χ4n) is 1.21. The molecule has 14 heavy (non-hydrogen) atoms. The molecule has 0 aliphatic carbocycles. The van der Waals surface area contributed by atoms with Gasteiger partial charge in [-0.15, -0.1) is 3.89 Å². The molecule has 0 bridgehead atoms. The zero-order valence-corrected chi connectivity index (χ0v) is 9.13. The van der Waals surface area contributed by atoms with E-state index in [1.54, 1.807) is 0 Å². The average Bonchev–Trinajstić information content (AvgIpc) is 2.62. The predicted molar refractivity (Wildman–Crippen MR) is 53.5 cm³/mol. The second-order valence-electron chi connectivity index (χ2n) is 2.84. The zero-order chi connectivity index (χ0) is 10.6. The lowest BCUT2D eigenvalue weighted by Crippen LogP contribution is -2.24. The molecule has 80 valence electrons. The minimum atomic E-state index is -2.50. The van der Waals surface area contributed by atoms with Crippen molar-refractivity contribution >= 4 is 11.4 Å². The maximum atomic E-state index is 12.6. The summed E-state index contributed by atoms with van der Waals surface area (Å²) in [6, 6.07) is 0. The molecule has 0 fully saturated rings. The molecule has 0 saturated carbocycles. The fraction of sp³-hybridized carbons (Fsp3) is 0.625. The van der Waals surface area contributed by atoms with E-state index in [1.807, 2.05) is 13.8 Å². The van der Waals surface area contributed by atoms with E-state index in [1.165, 1.54) is 12.4 Å². The minimum Gasteiger partial charge on any atom is -0.297 e. The summed E-state index contributed by atoms with van der Waals surface area (Å²) in [5.74, 6) is 0.495. The van der Waals surface area contributed by atoms with E-state index < -0.39 is 11.4 Å². The first-order valence-electron chi connectivity index (χ1n) is 4.52. The Morgan fingerprint density at radius 2 is 2.21 bits per heavy atom. The van der Waals surface area contributed by atoms with E-state index in [4.69, 9.17) is 0 Å². The first-order valence-corrected chi connectivity index (χ1v) is 5.52. The van der Waals surface area contributed by atoms with Crippen LogP contribution in [0.4, 0.5) is 3.89 Å². The van der Waals surface area contributed by atoms with E-state index in [-0.39, 0.29) is 0 Å². The molecular weight excluding hydrogens is 205 g/mol. The number of hydrogen-bond acceptors (Lipinski definition) is 3. The van der Waals surface area contributed by atoms with E-state index in [2.05, 4.69) is 9.88 Å². The van der Waals surface area contributed by atoms with Gasteiger partial charge in [0.2, 0.25) is 0 Å². The number of nitrogens with zero attached hydrogens (tertiary/aromatic N) is 3. The van der Waals surface area contributed by atoms with Crippen molar-refractivity contribution in [1.29, 1.82) is 0 Å². The highest BCUT2D eigenvalue weighted by Crippen LogP contribution is 2.04. The Morgan fingerprint density at radius 3 is 2.71 bits per heavy atom.